The number of rotatable bonds is 5. The predicted octanol–water partition coefficient (Wildman–Crippen LogP) is 2.16. The summed E-state index contributed by atoms with van der Waals surface area (Å²) in [5, 5.41) is 1.13. The van der Waals surface area contributed by atoms with E-state index >= 15 is 0 Å². The van der Waals surface area contributed by atoms with Crippen LogP contribution in [-0.2, 0) is 20.9 Å². The number of hydrogen-bond donors (Lipinski definition) is 0. The van der Waals surface area contributed by atoms with E-state index in [0.717, 1.165) is 10.9 Å². The number of carbonyl (C=O) groups excluding carboxylic acids is 2. The fourth-order valence-corrected chi connectivity index (χ4v) is 1.87. The summed E-state index contributed by atoms with van der Waals surface area (Å²) in [5.41, 5.74) is 1.06. The Morgan fingerprint density at radius 3 is 2.78 bits per heavy atom. The van der Waals surface area contributed by atoms with Crippen molar-refractivity contribution in [2.24, 2.45) is 0 Å². The topological polar surface area (TPSA) is 48.3 Å². The predicted molar refractivity (Wildman–Crippen MR) is 68.2 cm³/mol. The molecule has 0 N–H and O–H groups in total. The number of aromatic nitrogens is 1. The molecular formula is C14H15NO3. The Balaban J connectivity index is 2.02. The highest BCUT2D eigenvalue weighted by atomic mass is 16.5. The zero-order valence-electron chi connectivity index (χ0n) is 10.3. The molecule has 4 heteroatoms. The Bertz CT molecular complexity index is 571. The van der Waals surface area contributed by atoms with E-state index in [0.29, 0.717) is 6.54 Å². The Hall–Kier alpha value is -2.10. The van der Waals surface area contributed by atoms with Crippen LogP contribution in [0.3, 0.4) is 0 Å². The number of esters is 1. The zero-order chi connectivity index (χ0) is 13.0. The summed E-state index contributed by atoms with van der Waals surface area (Å²) in [6.45, 7) is 2.41. The monoisotopic (exact) mass is 245 g/mol. The molecule has 0 saturated heterocycles. The molecule has 0 spiro atoms. The van der Waals surface area contributed by atoms with Crippen LogP contribution in [-0.4, -0.2) is 22.9 Å². The van der Waals surface area contributed by atoms with Gasteiger partial charge in [0.05, 0.1) is 6.61 Å². The summed E-state index contributed by atoms with van der Waals surface area (Å²) in [6, 6.07) is 9.91. The Morgan fingerprint density at radius 2 is 2.00 bits per heavy atom. The van der Waals surface area contributed by atoms with Gasteiger partial charge in [-0.25, -0.2) is 4.79 Å². The molecule has 94 valence electrons. The van der Waals surface area contributed by atoms with E-state index in [1.54, 1.807) is 6.92 Å². The van der Waals surface area contributed by atoms with Crippen molar-refractivity contribution in [1.29, 1.82) is 0 Å². The lowest BCUT2D eigenvalue weighted by Gasteiger charge is -2.04. The fraction of sp³-hybridized carbons (Fsp3) is 0.286. The van der Waals surface area contributed by atoms with E-state index in [-0.39, 0.29) is 13.0 Å². The molecule has 0 aliphatic carbocycles. The van der Waals surface area contributed by atoms with Crippen molar-refractivity contribution >= 4 is 22.7 Å². The maximum Gasteiger partial charge on any atom is 0.374 e. The number of Topliss-reactive ketones (excluding diaryl/α,β-unsaturated/α-hetero) is 1. The summed E-state index contributed by atoms with van der Waals surface area (Å²) >= 11 is 0. The first-order chi connectivity index (χ1) is 8.72. The molecule has 4 nitrogen and oxygen atoms in total. The summed E-state index contributed by atoms with van der Waals surface area (Å²) in [7, 11) is 0. The molecule has 2 aromatic rings. The second-order valence-corrected chi connectivity index (χ2v) is 3.96. The third-order valence-electron chi connectivity index (χ3n) is 2.76. The lowest BCUT2D eigenvalue weighted by atomic mass is 10.2. The van der Waals surface area contributed by atoms with Crippen molar-refractivity contribution in [2.75, 3.05) is 6.61 Å². The van der Waals surface area contributed by atoms with Crippen molar-refractivity contribution in [2.45, 2.75) is 19.9 Å². The van der Waals surface area contributed by atoms with Crippen LogP contribution in [0.25, 0.3) is 10.9 Å². The molecule has 1 aromatic carbocycles. The molecule has 18 heavy (non-hydrogen) atoms. The first-order valence-electron chi connectivity index (χ1n) is 5.96. The third-order valence-corrected chi connectivity index (χ3v) is 2.76. The van der Waals surface area contributed by atoms with Gasteiger partial charge in [0, 0.05) is 24.7 Å². The van der Waals surface area contributed by atoms with Gasteiger partial charge in [-0.1, -0.05) is 18.2 Å². The minimum absolute atomic E-state index is 0.164. The average molecular weight is 245 g/mol. The minimum Gasteiger partial charge on any atom is -0.460 e. The van der Waals surface area contributed by atoms with Gasteiger partial charge in [-0.3, -0.25) is 4.79 Å². The standard InChI is InChI=1S/C14H15NO3/c1-2-18-14(17)13(16)8-10-15-9-7-11-5-3-4-6-12(11)15/h3-7,9H,2,8,10H2,1H3. The minimum atomic E-state index is -0.742. The van der Waals surface area contributed by atoms with Gasteiger partial charge in [0.25, 0.3) is 0 Å². The van der Waals surface area contributed by atoms with Crippen molar-refractivity contribution in [3.63, 3.8) is 0 Å². The van der Waals surface area contributed by atoms with E-state index in [1.807, 2.05) is 41.1 Å². The number of aryl methyl sites for hydroxylation is 1. The smallest absolute Gasteiger partial charge is 0.374 e. The van der Waals surface area contributed by atoms with Crippen LogP contribution >= 0.6 is 0 Å². The van der Waals surface area contributed by atoms with Gasteiger partial charge in [0.1, 0.15) is 0 Å². The molecule has 0 aliphatic rings. The molecular weight excluding hydrogens is 230 g/mol. The molecule has 0 fully saturated rings. The van der Waals surface area contributed by atoms with E-state index in [1.165, 1.54) is 0 Å². The molecule has 0 amide bonds. The van der Waals surface area contributed by atoms with Gasteiger partial charge >= 0.3 is 5.97 Å². The highest BCUT2D eigenvalue weighted by molar-refractivity contribution is 6.33. The molecule has 0 unspecified atom stereocenters. The number of ketones is 1. The van der Waals surface area contributed by atoms with Crippen LogP contribution < -0.4 is 0 Å². The highest BCUT2D eigenvalue weighted by Gasteiger charge is 2.14. The number of carbonyl (C=O) groups is 2. The molecule has 0 atom stereocenters. The molecule has 1 aromatic heterocycles. The van der Waals surface area contributed by atoms with Crippen LogP contribution in [0.1, 0.15) is 13.3 Å². The number of fused-ring (bicyclic) bond motifs is 1. The van der Waals surface area contributed by atoms with E-state index in [2.05, 4.69) is 4.74 Å². The first kappa shape index (κ1) is 12.4. The summed E-state index contributed by atoms with van der Waals surface area (Å²) in [4.78, 5) is 22.7. The van der Waals surface area contributed by atoms with E-state index in [9.17, 15) is 9.59 Å². The summed E-state index contributed by atoms with van der Waals surface area (Å²) in [5.74, 6) is -1.22. The lowest BCUT2D eigenvalue weighted by Crippen LogP contribution is -2.18. The molecule has 0 saturated carbocycles. The van der Waals surface area contributed by atoms with Crippen LogP contribution in [0.4, 0.5) is 0 Å². The maximum absolute atomic E-state index is 11.5. The van der Waals surface area contributed by atoms with Crippen molar-refractivity contribution < 1.29 is 14.3 Å². The van der Waals surface area contributed by atoms with Crippen molar-refractivity contribution in [3.05, 3.63) is 36.5 Å². The molecule has 2 rings (SSSR count). The van der Waals surface area contributed by atoms with E-state index < -0.39 is 11.8 Å². The van der Waals surface area contributed by atoms with Gasteiger partial charge in [-0.05, 0) is 24.4 Å². The summed E-state index contributed by atoms with van der Waals surface area (Å²) < 4.78 is 6.63. The normalized spacial score (nSPS) is 10.5. The van der Waals surface area contributed by atoms with Gasteiger partial charge in [-0.15, -0.1) is 0 Å². The highest BCUT2D eigenvalue weighted by Crippen LogP contribution is 2.15. The number of nitrogens with zero attached hydrogens (tertiary/aromatic N) is 1. The average Bonchev–Trinajstić information content (AvgIpc) is 2.79. The number of hydrogen-bond acceptors (Lipinski definition) is 3. The number of para-hydroxylation sites is 1. The number of ether oxygens (including phenoxy) is 1. The first-order valence-corrected chi connectivity index (χ1v) is 5.96. The van der Waals surface area contributed by atoms with Gasteiger partial charge in [0.2, 0.25) is 5.78 Å². The molecule has 0 aliphatic heterocycles. The summed E-state index contributed by atoms with van der Waals surface area (Å²) in [6.07, 6.45) is 2.08. The van der Waals surface area contributed by atoms with Crippen LogP contribution in [0.5, 0.6) is 0 Å². The zero-order valence-corrected chi connectivity index (χ0v) is 10.3. The van der Waals surface area contributed by atoms with Crippen molar-refractivity contribution in [3.8, 4) is 0 Å². The number of benzene rings is 1. The molecule has 1 heterocycles. The Morgan fingerprint density at radius 1 is 1.22 bits per heavy atom. The van der Waals surface area contributed by atoms with Crippen LogP contribution in [0.15, 0.2) is 36.5 Å². The SMILES string of the molecule is CCOC(=O)C(=O)CCn1ccc2ccccc21. The lowest BCUT2D eigenvalue weighted by molar-refractivity contribution is -0.153. The largest absolute Gasteiger partial charge is 0.460 e. The van der Waals surface area contributed by atoms with Crippen LogP contribution in [0, 0.1) is 0 Å². The van der Waals surface area contributed by atoms with Gasteiger partial charge in [-0.2, -0.15) is 0 Å². The Labute approximate surface area is 105 Å². The second kappa shape index (κ2) is 5.49. The third kappa shape index (κ3) is 2.59. The molecule has 0 radical (unpaired) electrons. The second-order valence-electron chi connectivity index (χ2n) is 3.96. The Kier molecular flexibility index (Phi) is 3.77. The molecule has 0 bridgehead atoms. The van der Waals surface area contributed by atoms with Crippen molar-refractivity contribution in [1.82, 2.24) is 4.57 Å². The van der Waals surface area contributed by atoms with Gasteiger partial charge < -0.3 is 9.30 Å². The van der Waals surface area contributed by atoms with E-state index in [4.69, 9.17) is 0 Å². The fourth-order valence-electron chi connectivity index (χ4n) is 1.87. The van der Waals surface area contributed by atoms with Crippen LogP contribution in [0.2, 0.25) is 0 Å². The maximum atomic E-state index is 11.5. The quantitative estimate of drug-likeness (QED) is 0.599. The van der Waals surface area contributed by atoms with Gasteiger partial charge in [0.15, 0.2) is 0 Å².